The van der Waals surface area contributed by atoms with Crippen LogP contribution in [0.15, 0.2) is 29.1 Å². The summed E-state index contributed by atoms with van der Waals surface area (Å²) in [5.74, 6) is 1.84. The molecule has 0 aliphatic rings. The van der Waals surface area contributed by atoms with E-state index in [1.807, 2.05) is 20.8 Å². The van der Waals surface area contributed by atoms with Gasteiger partial charge in [0.15, 0.2) is 5.78 Å². The summed E-state index contributed by atoms with van der Waals surface area (Å²) >= 11 is 2.99. The van der Waals surface area contributed by atoms with Crippen LogP contribution in [0.25, 0.3) is 10.2 Å². The number of Topliss-reactive ketones (excluding diaryl/α,β-unsaturated/α-hetero) is 1. The first-order chi connectivity index (χ1) is 12.4. The zero-order valence-corrected chi connectivity index (χ0v) is 16.7. The third-order valence-electron chi connectivity index (χ3n) is 4.30. The summed E-state index contributed by atoms with van der Waals surface area (Å²) in [6.45, 7) is 5.80. The molecule has 7 heteroatoms. The molecule has 1 atom stereocenters. The summed E-state index contributed by atoms with van der Waals surface area (Å²) in [6, 6.07) is 7.08. The molecule has 2 heterocycles. The lowest BCUT2D eigenvalue weighted by Gasteiger charge is -2.10. The van der Waals surface area contributed by atoms with Gasteiger partial charge in [-0.3, -0.25) is 9.59 Å². The Kier molecular flexibility index (Phi) is 5.48. The van der Waals surface area contributed by atoms with E-state index in [1.165, 1.54) is 23.1 Å². The molecule has 1 N–H and O–H groups in total. The zero-order chi connectivity index (χ0) is 18.8. The number of aryl methyl sites for hydroxylation is 2. The van der Waals surface area contributed by atoms with E-state index in [9.17, 15) is 9.59 Å². The van der Waals surface area contributed by atoms with Crippen molar-refractivity contribution < 1.29 is 9.53 Å². The monoisotopic (exact) mass is 388 g/mol. The van der Waals surface area contributed by atoms with Gasteiger partial charge in [-0.25, -0.2) is 4.98 Å². The fraction of sp³-hybridized carbons (Fsp3) is 0.316. The van der Waals surface area contributed by atoms with E-state index in [4.69, 9.17) is 4.74 Å². The van der Waals surface area contributed by atoms with Gasteiger partial charge in [-0.2, -0.15) is 0 Å². The van der Waals surface area contributed by atoms with Crippen molar-refractivity contribution in [3.63, 3.8) is 0 Å². The number of aromatic nitrogens is 2. The highest BCUT2D eigenvalue weighted by molar-refractivity contribution is 7.99. The van der Waals surface area contributed by atoms with Gasteiger partial charge in [0.1, 0.15) is 16.4 Å². The maximum absolute atomic E-state index is 12.5. The molecule has 0 aliphatic heterocycles. The van der Waals surface area contributed by atoms with Crippen LogP contribution in [-0.4, -0.2) is 28.1 Å². The predicted molar refractivity (Wildman–Crippen MR) is 108 cm³/mol. The molecule has 0 saturated carbocycles. The second kappa shape index (κ2) is 7.63. The largest absolute Gasteiger partial charge is 0.497 e. The Morgan fingerprint density at radius 1 is 1.31 bits per heavy atom. The Labute approximate surface area is 159 Å². The summed E-state index contributed by atoms with van der Waals surface area (Å²) in [6.07, 6.45) is 0. The Morgan fingerprint density at radius 3 is 2.65 bits per heavy atom. The van der Waals surface area contributed by atoms with Crippen molar-refractivity contribution in [3.8, 4) is 5.75 Å². The number of ether oxygens (including phenoxy) is 1. The Bertz CT molecular complexity index is 1010. The third-order valence-corrected chi connectivity index (χ3v) is 6.56. The molecule has 136 valence electrons. The lowest BCUT2D eigenvalue weighted by Crippen LogP contribution is -2.15. The highest BCUT2D eigenvalue weighted by Gasteiger charge is 2.17. The number of hydrogen-bond acceptors (Lipinski definition) is 6. The van der Waals surface area contributed by atoms with Crippen LogP contribution in [0.5, 0.6) is 5.75 Å². The topological polar surface area (TPSA) is 72.0 Å². The summed E-state index contributed by atoms with van der Waals surface area (Å²) in [7, 11) is 1.59. The fourth-order valence-electron chi connectivity index (χ4n) is 2.64. The normalized spacial score (nSPS) is 12.3. The first-order valence-corrected chi connectivity index (χ1v) is 10.1. The van der Waals surface area contributed by atoms with Crippen LogP contribution < -0.4 is 10.3 Å². The number of ketones is 1. The number of rotatable bonds is 6. The quantitative estimate of drug-likeness (QED) is 0.643. The Morgan fingerprint density at radius 2 is 2.00 bits per heavy atom. The minimum atomic E-state index is -0.240. The summed E-state index contributed by atoms with van der Waals surface area (Å²) in [5, 5.41) is 0.430. The fourth-order valence-corrected chi connectivity index (χ4v) is 4.52. The molecule has 0 fully saturated rings. The molecular weight excluding hydrogens is 368 g/mol. The van der Waals surface area contributed by atoms with E-state index < -0.39 is 0 Å². The molecule has 5 nitrogen and oxygen atoms in total. The van der Waals surface area contributed by atoms with Gasteiger partial charge >= 0.3 is 0 Å². The molecular formula is C19H20N2O3S2. The molecule has 0 aliphatic carbocycles. The first-order valence-electron chi connectivity index (χ1n) is 8.19. The molecule has 2 aromatic heterocycles. The molecule has 0 radical (unpaired) electrons. The number of aromatic amines is 1. The molecule has 26 heavy (non-hydrogen) atoms. The predicted octanol–water partition coefficient (Wildman–Crippen LogP) is 4.11. The van der Waals surface area contributed by atoms with Crippen LogP contribution in [0.1, 0.15) is 33.5 Å². The number of benzene rings is 1. The molecule has 0 spiro atoms. The number of H-pyrrole nitrogens is 1. The van der Waals surface area contributed by atoms with Crippen molar-refractivity contribution >= 4 is 39.1 Å². The lowest BCUT2D eigenvalue weighted by atomic mass is 10.1. The van der Waals surface area contributed by atoms with Crippen LogP contribution in [0.2, 0.25) is 0 Å². The van der Waals surface area contributed by atoms with E-state index in [0.29, 0.717) is 22.5 Å². The van der Waals surface area contributed by atoms with E-state index in [0.717, 1.165) is 21.0 Å². The van der Waals surface area contributed by atoms with Crippen molar-refractivity contribution in [2.75, 3.05) is 7.11 Å². The average molecular weight is 389 g/mol. The van der Waals surface area contributed by atoms with Crippen molar-refractivity contribution in [2.45, 2.75) is 31.8 Å². The van der Waals surface area contributed by atoms with Gasteiger partial charge in [0.2, 0.25) is 0 Å². The average Bonchev–Trinajstić information content (AvgIpc) is 2.93. The smallest absolute Gasteiger partial charge is 0.259 e. The number of nitrogens with zero attached hydrogens (tertiary/aromatic N) is 1. The Balaban J connectivity index is 1.72. The number of thioether (sulfide) groups is 1. The van der Waals surface area contributed by atoms with Gasteiger partial charge < -0.3 is 9.72 Å². The highest BCUT2D eigenvalue weighted by atomic mass is 32.2. The van der Waals surface area contributed by atoms with Crippen molar-refractivity contribution in [1.82, 2.24) is 9.97 Å². The summed E-state index contributed by atoms with van der Waals surface area (Å²) in [4.78, 5) is 34.1. The van der Waals surface area contributed by atoms with Gasteiger partial charge in [0, 0.05) is 10.4 Å². The minimum Gasteiger partial charge on any atom is -0.497 e. The first kappa shape index (κ1) is 18.7. The van der Waals surface area contributed by atoms with Gasteiger partial charge in [-0.05, 0) is 50.6 Å². The maximum Gasteiger partial charge on any atom is 0.259 e. The second-order valence-corrected chi connectivity index (χ2v) is 8.55. The maximum atomic E-state index is 12.5. The zero-order valence-electron chi connectivity index (χ0n) is 15.1. The van der Waals surface area contributed by atoms with E-state index in [1.54, 1.807) is 31.4 Å². The van der Waals surface area contributed by atoms with Crippen molar-refractivity contribution in [2.24, 2.45) is 0 Å². The molecule has 3 aromatic rings. The highest BCUT2D eigenvalue weighted by Crippen LogP contribution is 2.27. The van der Waals surface area contributed by atoms with Crippen molar-refractivity contribution in [1.29, 1.82) is 0 Å². The number of nitrogens with one attached hydrogen (secondary N) is 1. The molecule has 1 aromatic carbocycles. The van der Waals surface area contributed by atoms with E-state index >= 15 is 0 Å². The Hall–Kier alpha value is -2.12. The number of methoxy groups -OCH3 is 1. The molecule has 0 saturated heterocycles. The third kappa shape index (κ3) is 3.68. The number of carbonyl (C=O) groups excluding carboxylic acids is 1. The minimum absolute atomic E-state index is 0.0453. The second-order valence-electron chi connectivity index (χ2n) is 6.02. The van der Waals surface area contributed by atoms with Gasteiger partial charge in [0.05, 0.1) is 23.5 Å². The number of thiophene rings is 1. The lowest BCUT2D eigenvalue weighted by molar-refractivity contribution is 0.0994. The van der Waals surface area contributed by atoms with E-state index in [2.05, 4.69) is 9.97 Å². The number of carbonyl (C=O) groups is 1. The van der Waals surface area contributed by atoms with Gasteiger partial charge in [-0.1, -0.05) is 0 Å². The van der Waals surface area contributed by atoms with Crippen LogP contribution in [0, 0.1) is 13.8 Å². The van der Waals surface area contributed by atoms with Gasteiger partial charge in [0.25, 0.3) is 5.56 Å². The molecule has 3 rings (SSSR count). The standard InChI is InChI=1S/C19H20N2O3S2/c1-10-11(2)26-19-16(10)18(23)20-15(21-19)9-25-12(3)17(22)13-5-7-14(24-4)8-6-13/h5-8,12H,9H2,1-4H3,(H,20,21,23)/t12-/m0/s1. The summed E-state index contributed by atoms with van der Waals surface area (Å²) in [5.41, 5.74) is 1.52. The van der Waals surface area contributed by atoms with E-state index in [-0.39, 0.29) is 16.6 Å². The number of fused-ring (bicyclic) bond motifs is 1. The number of hydrogen-bond donors (Lipinski definition) is 1. The molecule has 0 unspecified atom stereocenters. The molecule has 0 amide bonds. The summed E-state index contributed by atoms with van der Waals surface area (Å²) < 4.78 is 5.11. The SMILES string of the molecule is COc1ccc(C(=O)[C@H](C)SCc2nc3sc(C)c(C)c3c(=O)[nH]2)cc1. The van der Waals surface area contributed by atoms with Crippen molar-refractivity contribution in [3.05, 3.63) is 56.4 Å². The van der Waals surface area contributed by atoms with Crippen LogP contribution in [-0.2, 0) is 5.75 Å². The van der Waals surface area contributed by atoms with Gasteiger partial charge in [-0.15, -0.1) is 23.1 Å². The molecule has 0 bridgehead atoms. The van der Waals surface area contributed by atoms with Crippen LogP contribution in [0.3, 0.4) is 0 Å². The van der Waals surface area contributed by atoms with Crippen LogP contribution in [0.4, 0.5) is 0 Å². The van der Waals surface area contributed by atoms with Crippen LogP contribution >= 0.6 is 23.1 Å².